The molecule has 1 nitrogen and oxygen atoms in total. The fraction of sp³-hybridized carbons (Fsp3) is 1.00. The van der Waals surface area contributed by atoms with E-state index in [1.165, 1.54) is 154 Å². The zero-order chi connectivity index (χ0) is 22.5. The molecule has 1 unspecified atom stereocenters. The van der Waals surface area contributed by atoms with Gasteiger partial charge in [-0.25, -0.2) is 0 Å². The number of hydrogen-bond donors (Lipinski definition) is 0. The van der Waals surface area contributed by atoms with Crippen LogP contribution in [0.25, 0.3) is 0 Å². The van der Waals surface area contributed by atoms with Gasteiger partial charge in [0.1, 0.15) is 0 Å². The van der Waals surface area contributed by atoms with Gasteiger partial charge in [-0.15, -0.1) is 0 Å². The van der Waals surface area contributed by atoms with Crippen LogP contribution >= 0.6 is 0 Å². The summed E-state index contributed by atoms with van der Waals surface area (Å²) < 4.78 is 6.10. The number of rotatable bonds is 22. The molecular formula is C29H60OSi. The van der Waals surface area contributed by atoms with Gasteiger partial charge in [-0.2, -0.15) is 0 Å². The molecule has 1 aliphatic rings. The van der Waals surface area contributed by atoms with E-state index in [4.69, 9.17) is 4.74 Å². The molecule has 1 saturated heterocycles. The number of hydrogen-bond acceptors (Lipinski definition) is 1. The van der Waals surface area contributed by atoms with E-state index in [-0.39, 0.29) is 0 Å². The van der Waals surface area contributed by atoms with E-state index in [9.17, 15) is 0 Å². The van der Waals surface area contributed by atoms with Gasteiger partial charge in [-0.05, 0) is 19.3 Å². The molecule has 0 amide bonds. The van der Waals surface area contributed by atoms with Gasteiger partial charge in [-0.1, -0.05) is 154 Å². The van der Waals surface area contributed by atoms with Crippen molar-refractivity contribution in [1.82, 2.24) is 0 Å². The first-order valence-electron chi connectivity index (χ1n) is 14.8. The third kappa shape index (κ3) is 17.3. The van der Waals surface area contributed by atoms with Crippen molar-refractivity contribution in [3.05, 3.63) is 0 Å². The minimum atomic E-state index is -1.14. The first-order valence-corrected chi connectivity index (χ1v) is 18.1. The molecule has 31 heavy (non-hydrogen) atoms. The maximum Gasteiger partial charge on any atom is 0.0815 e. The van der Waals surface area contributed by atoms with E-state index in [0.717, 1.165) is 6.61 Å². The van der Waals surface area contributed by atoms with Crippen LogP contribution in [0.1, 0.15) is 155 Å². The molecule has 0 radical (unpaired) electrons. The fourth-order valence-electron chi connectivity index (χ4n) is 5.35. The Morgan fingerprint density at radius 3 is 1.29 bits per heavy atom. The Bertz CT molecular complexity index is 362. The van der Waals surface area contributed by atoms with Crippen molar-refractivity contribution in [3.8, 4) is 0 Å². The molecule has 1 atom stereocenters. The van der Waals surface area contributed by atoms with Crippen LogP contribution in [0.4, 0.5) is 0 Å². The zero-order valence-corrected chi connectivity index (χ0v) is 23.2. The lowest BCUT2D eigenvalue weighted by molar-refractivity contribution is 0.0597. The van der Waals surface area contributed by atoms with Gasteiger partial charge in [0, 0.05) is 12.3 Å². The molecule has 1 rings (SSSR count). The maximum absolute atomic E-state index is 6.10. The van der Waals surface area contributed by atoms with E-state index in [2.05, 4.69) is 20.0 Å². The lowest BCUT2D eigenvalue weighted by Gasteiger charge is -2.35. The number of ether oxygens (including phenoxy) is 1. The summed E-state index contributed by atoms with van der Waals surface area (Å²) in [5.41, 5.74) is 0.654. The first kappa shape index (κ1) is 29.2. The minimum Gasteiger partial charge on any atom is -0.382 e. The molecular weight excluding hydrogens is 392 g/mol. The third-order valence-electron chi connectivity index (χ3n) is 7.73. The third-order valence-corrected chi connectivity index (χ3v) is 11.6. The van der Waals surface area contributed by atoms with E-state index in [1.54, 1.807) is 0 Å². The zero-order valence-electron chi connectivity index (χ0n) is 22.2. The second-order valence-electron chi connectivity index (χ2n) is 11.3. The van der Waals surface area contributed by atoms with Crippen LogP contribution < -0.4 is 0 Å². The Morgan fingerprint density at radius 2 is 0.935 bits per heavy atom. The molecule has 0 bridgehead atoms. The smallest absolute Gasteiger partial charge is 0.0815 e. The molecule has 1 heterocycles. The Labute approximate surface area is 198 Å². The van der Waals surface area contributed by atoms with Gasteiger partial charge < -0.3 is 4.74 Å². The maximum atomic E-state index is 6.10. The summed E-state index contributed by atoms with van der Waals surface area (Å²) in [6.45, 7) is 8.47. The summed E-state index contributed by atoms with van der Waals surface area (Å²) in [5, 5.41) is 0. The normalized spacial score (nSPS) is 17.3. The lowest BCUT2D eigenvalue weighted by atomic mass is 10.0. The van der Waals surface area contributed by atoms with Gasteiger partial charge in [0.05, 0.1) is 8.07 Å². The molecule has 0 N–H and O–H groups in total. The largest absolute Gasteiger partial charge is 0.382 e. The Hall–Kier alpha value is 0.177. The highest BCUT2D eigenvalue weighted by atomic mass is 28.3. The Balaban J connectivity index is 1.73. The van der Waals surface area contributed by atoms with Crippen molar-refractivity contribution in [2.45, 2.75) is 179 Å². The molecule has 0 aliphatic carbocycles. The van der Waals surface area contributed by atoms with Gasteiger partial charge >= 0.3 is 0 Å². The quantitative estimate of drug-likeness (QED) is 0.117. The second kappa shape index (κ2) is 20.8. The topological polar surface area (TPSA) is 9.23 Å². The van der Waals surface area contributed by atoms with Crippen LogP contribution in [0.2, 0.25) is 19.1 Å². The second-order valence-corrected chi connectivity index (χ2v) is 16.4. The molecule has 1 fully saturated rings. The molecule has 0 aromatic carbocycles. The van der Waals surface area contributed by atoms with E-state index in [0.29, 0.717) is 5.73 Å². The van der Waals surface area contributed by atoms with Crippen LogP contribution in [0.3, 0.4) is 0 Å². The Morgan fingerprint density at radius 1 is 0.548 bits per heavy atom. The van der Waals surface area contributed by atoms with Crippen LogP contribution in [0, 0.1) is 0 Å². The van der Waals surface area contributed by atoms with Crippen molar-refractivity contribution >= 4 is 8.07 Å². The summed E-state index contributed by atoms with van der Waals surface area (Å²) in [6, 6.07) is 1.48. The highest BCUT2D eigenvalue weighted by Crippen LogP contribution is 2.27. The monoisotopic (exact) mass is 452 g/mol. The van der Waals surface area contributed by atoms with Crippen molar-refractivity contribution in [2.75, 3.05) is 6.61 Å². The Kier molecular flexibility index (Phi) is 19.6. The predicted octanol–water partition coefficient (Wildman–Crippen LogP) is 10.6. The summed E-state index contributed by atoms with van der Waals surface area (Å²) in [7, 11) is -1.14. The van der Waals surface area contributed by atoms with E-state index >= 15 is 0 Å². The minimum absolute atomic E-state index is 0.654. The highest BCUT2D eigenvalue weighted by Gasteiger charge is 2.33. The van der Waals surface area contributed by atoms with Gasteiger partial charge in [-0.3, -0.25) is 0 Å². The summed E-state index contributed by atoms with van der Waals surface area (Å²) in [6.07, 6.45) is 33.5. The van der Waals surface area contributed by atoms with Crippen LogP contribution in [0.15, 0.2) is 0 Å². The van der Waals surface area contributed by atoms with E-state index < -0.39 is 8.07 Å². The van der Waals surface area contributed by atoms with Crippen LogP contribution in [-0.2, 0) is 4.74 Å². The molecule has 2 heteroatoms. The van der Waals surface area contributed by atoms with Crippen molar-refractivity contribution in [3.63, 3.8) is 0 Å². The standard InChI is InChI=1S/C29H60OSi/c1-4-5-6-7-8-9-10-11-12-13-14-15-16-17-18-19-20-21-22-25-28-31(2,3)29-26-23-24-27-30-29/h29H,4-28H2,1-3H3. The van der Waals surface area contributed by atoms with Crippen molar-refractivity contribution < 1.29 is 4.74 Å². The van der Waals surface area contributed by atoms with Gasteiger partial charge in [0.25, 0.3) is 0 Å². The molecule has 0 spiro atoms. The molecule has 186 valence electrons. The van der Waals surface area contributed by atoms with Gasteiger partial charge in [0.15, 0.2) is 0 Å². The molecule has 0 saturated carbocycles. The average Bonchev–Trinajstić information content (AvgIpc) is 2.78. The summed E-state index contributed by atoms with van der Waals surface area (Å²) >= 11 is 0. The first-order chi connectivity index (χ1) is 15.2. The molecule has 0 aromatic rings. The fourth-order valence-corrected chi connectivity index (χ4v) is 8.39. The SMILES string of the molecule is CCCCCCCCCCCCCCCCCCCCCC[Si](C)(C)C1CCCCO1. The lowest BCUT2D eigenvalue weighted by Crippen LogP contribution is -2.45. The molecule has 0 aromatic heterocycles. The number of unbranched alkanes of at least 4 members (excludes halogenated alkanes) is 19. The van der Waals surface area contributed by atoms with Gasteiger partial charge in [0.2, 0.25) is 0 Å². The van der Waals surface area contributed by atoms with Crippen LogP contribution in [0.5, 0.6) is 0 Å². The van der Waals surface area contributed by atoms with Crippen molar-refractivity contribution in [1.29, 1.82) is 0 Å². The highest BCUT2D eigenvalue weighted by molar-refractivity contribution is 6.78. The molecule has 1 aliphatic heterocycles. The van der Waals surface area contributed by atoms with Crippen LogP contribution in [-0.4, -0.2) is 20.4 Å². The summed E-state index contributed by atoms with van der Waals surface area (Å²) in [5.74, 6) is 0. The van der Waals surface area contributed by atoms with E-state index in [1.807, 2.05) is 0 Å². The van der Waals surface area contributed by atoms with Crippen molar-refractivity contribution in [2.24, 2.45) is 0 Å². The summed E-state index contributed by atoms with van der Waals surface area (Å²) in [4.78, 5) is 0. The predicted molar refractivity (Wildman–Crippen MR) is 144 cm³/mol. The average molecular weight is 453 g/mol.